The van der Waals surface area contributed by atoms with E-state index in [4.69, 9.17) is 4.74 Å². The van der Waals surface area contributed by atoms with Gasteiger partial charge < -0.3 is 9.53 Å². The molecule has 2 aromatic carbocycles. The maximum atomic E-state index is 12.6. The van der Waals surface area contributed by atoms with Crippen molar-refractivity contribution in [2.45, 2.75) is 11.8 Å². The van der Waals surface area contributed by atoms with E-state index in [2.05, 4.69) is 31.9 Å². The maximum Gasteiger partial charge on any atom is 0.324 e. The molecule has 0 spiro atoms. The number of Topliss-reactive ketones (excluding diaryl/α,β-unsaturated/α-hetero) is 1. The van der Waals surface area contributed by atoms with Crippen molar-refractivity contribution in [3.8, 4) is 0 Å². The predicted molar refractivity (Wildman–Crippen MR) is 97.0 cm³/mol. The molecule has 0 N–H and O–H groups in total. The second-order valence-corrected chi connectivity index (χ2v) is 7.03. The first kappa shape index (κ1) is 18.5. The molecule has 4 nitrogen and oxygen atoms in total. The Morgan fingerprint density at radius 1 is 1.00 bits per heavy atom. The summed E-state index contributed by atoms with van der Waals surface area (Å²) in [6, 6.07) is 13.4. The summed E-state index contributed by atoms with van der Waals surface area (Å²) in [5.41, 5.74) is -0.831. The highest BCUT2D eigenvalue weighted by Gasteiger charge is 2.43. The van der Waals surface area contributed by atoms with Gasteiger partial charge in [0.25, 0.3) is 0 Å². The monoisotopic (exact) mass is 452 g/mol. The van der Waals surface area contributed by atoms with Gasteiger partial charge in [0.15, 0.2) is 11.2 Å². The lowest BCUT2D eigenvalue weighted by Gasteiger charge is -2.25. The Morgan fingerprint density at radius 2 is 1.50 bits per heavy atom. The summed E-state index contributed by atoms with van der Waals surface area (Å²) >= 11 is 6.61. The third-order valence-corrected chi connectivity index (χ3v) is 4.77. The van der Waals surface area contributed by atoms with Gasteiger partial charge in [-0.05, 0) is 29.8 Å². The van der Waals surface area contributed by atoms with E-state index in [0.717, 1.165) is 8.95 Å². The van der Waals surface area contributed by atoms with Crippen LogP contribution in [0.2, 0.25) is 0 Å². The molecule has 0 saturated carbocycles. The van der Waals surface area contributed by atoms with Crippen LogP contribution in [0.1, 0.15) is 22.3 Å². The molecular formula is C18H14Br2O4. The largest absolute Gasteiger partial charge is 0.468 e. The first-order valence-corrected chi connectivity index (χ1v) is 8.61. The van der Waals surface area contributed by atoms with Gasteiger partial charge in [0, 0.05) is 20.9 Å². The van der Waals surface area contributed by atoms with Crippen LogP contribution >= 0.6 is 31.9 Å². The zero-order chi connectivity index (χ0) is 17.7. The Balaban J connectivity index is 2.44. The number of benzene rings is 2. The van der Waals surface area contributed by atoms with Crippen molar-refractivity contribution in [1.82, 2.24) is 0 Å². The van der Waals surface area contributed by atoms with Crippen LogP contribution in [0.3, 0.4) is 0 Å². The summed E-state index contributed by atoms with van der Waals surface area (Å²) in [5, 5.41) is 0. The third kappa shape index (κ3) is 3.82. The summed E-state index contributed by atoms with van der Waals surface area (Å²) in [6.45, 7) is 0. The summed E-state index contributed by atoms with van der Waals surface area (Å²) < 4.78 is 6.44. The van der Waals surface area contributed by atoms with Crippen LogP contribution in [0.5, 0.6) is 0 Å². The molecule has 2 aromatic rings. The molecule has 0 unspecified atom stereocenters. The second-order valence-electron chi connectivity index (χ2n) is 5.19. The number of rotatable bonds is 6. The van der Waals surface area contributed by atoms with E-state index in [1.807, 2.05) is 0 Å². The Labute approximate surface area is 156 Å². The molecule has 2 rings (SSSR count). The first-order chi connectivity index (χ1) is 11.4. The van der Waals surface area contributed by atoms with Crippen molar-refractivity contribution in [2.75, 3.05) is 7.11 Å². The van der Waals surface area contributed by atoms with Gasteiger partial charge >= 0.3 is 5.97 Å². The van der Waals surface area contributed by atoms with Gasteiger partial charge in [-0.3, -0.25) is 9.59 Å². The second kappa shape index (κ2) is 7.85. The summed E-state index contributed by atoms with van der Waals surface area (Å²) in [6.07, 6.45) is 0.186. The molecule has 24 heavy (non-hydrogen) atoms. The van der Waals surface area contributed by atoms with Crippen LogP contribution in [-0.4, -0.2) is 25.1 Å². The molecule has 1 atom stereocenters. The number of carbonyl (C=O) groups is 3. The molecule has 0 aliphatic carbocycles. The van der Waals surface area contributed by atoms with Crippen LogP contribution < -0.4 is 0 Å². The maximum absolute atomic E-state index is 12.6. The van der Waals surface area contributed by atoms with Gasteiger partial charge in [-0.2, -0.15) is 0 Å². The van der Waals surface area contributed by atoms with E-state index in [9.17, 15) is 14.4 Å². The zero-order valence-corrected chi connectivity index (χ0v) is 16.0. The molecule has 0 bridgehead atoms. The highest BCUT2D eigenvalue weighted by atomic mass is 79.9. The molecule has 0 saturated heterocycles. The molecule has 0 amide bonds. The van der Waals surface area contributed by atoms with E-state index in [1.54, 1.807) is 48.5 Å². The number of esters is 1. The number of ether oxygens (including phenoxy) is 1. The SMILES string of the molecule is COC(=O)[C@@](C=O)(CC(=O)c1ccc(Br)cc1)c1ccc(Br)cc1. The van der Waals surface area contributed by atoms with Crippen molar-refractivity contribution in [3.63, 3.8) is 0 Å². The minimum absolute atomic E-state index is 0.299. The molecule has 0 aliphatic heterocycles. The van der Waals surface area contributed by atoms with Crippen molar-refractivity contribution in [1.29, 1.82) is 0 Å². The van der Waals surface area contributed by atoms with Crippen LogP contribution in [0, 0.1) is 0 Å². The fraction of sp³-hybridized carbons (Fsp3) is 0.167. The van der Waals surface area contributed by atoms with Crippen LogP contribution in [0.4, 0.5) is 0 Å². The minimum Gasteiger partial charge on any atom is -0.468 e. The molecule has 124 valence electrons. The number of carbonyl (C=O) groups excluding carboxylic acids is 3. The van der Waals surface area contributed by atoms with Crippen molar-refractivity contribution < 1.29 is 19.1 Å². The Bertz CT molecular complexity index is 754. The van der Waals surface area contributed by atoms with E-state index >= 15 is 0 Å². The fourth-order valence-electron chi connectivity index (χ4n) is 2.37. The molecule has 0 heterocycles. The number of hydrogen-bond donors (Lipinski definition) is 0. The van der Waals surface area contributed by atoms with Crippen molar-refractivity contribution in [3.05, 3.63) is 68.6 Å². The Kier molecular flexibility index (Phi) is 6.07. The number of halogens is 2. The number of methoxy groups -OCH3 is 1. The standard InChI is InChI=1S/C18H14Br2O4/c1-24-17(23)18(11-21,13-4-8-15(20)9-5-13)10-16(22)12-2-6-14(19)7-3-12/h2-9,11H,10H2,1H3/t18-/m1/s1. The van der Waals surface area contributed by atoms with E-state index in [-0.39, 0.29) is 12.2 Å². The molecule has 0 radical (unpaired) electrons. The zero-order valence-electron chi connectivity index (χ0n) is 12.8. The number of aldehydes is 1. The van der Waals surface area contributed by atoms with Gasteiger partial charge in [-0.1, -0.05) is 56.1 Å². The normalized spacial score (nSPS) is 13.0. The number of ketones is 1. The Morgan fingerprint density at radius 3 is 1.96 bits per heavy atom. The lowest BCUT2D eigenvalue weighted by atomic mass is 9.76. The van der Waals surface area contributed by atoms with Gasteiger partial charge in [0.1, 0.15) is 6.29 Å². The van der Waals surface area contributed by atoms with Gasteiger partial charge in [-0.15, -0.1) is 0 Å². The third-order valence-electron chi connectivity index (χ3n) is 3.72. The first-order valence-electron chi connectivity index (χ1n) is 7.02. The summed E-state index contributed by atoms with van der Waals surface area (Å²) in [4.78, 5) is 36.8. The van der Waals surface area contributed by atoms with Gasteiger partial charge in [0.05, 0.1) is 7.11 Å². The van der Waals surface area contributed by atoms with Crippen molar-refractivity contribution >= 4 is 49.9 Å². The fourth-order valence-corrected chi connectivity index (χ4v) is 2.90. The predicted octanol–water partition coefficient (Wildman–Crippen LogP) is 4.09. The van der Waals surface area contributed by atoms with Gasteiger partial charge in [0.2, 0.25) is 0 Å². The highest BCUT2D eigenvalue weighted by molar-refractivity contribution is 9.10. The lowest BCUT2D eigenvalue weighted by Crippen LogP contribution is -2.40. The number of hydrogen-bond acceptors (Lipinski definition) is 4. The van der Waals surface area contributed by atoms with Crippen LogP contribution in [-0.2, 0) is 19.7 Å². The van der Waals surface area contributed by atoms with Crippen LogP contribution in [0.25, 0.3) is 0 Å². The van der Waals surface area contributed by atoms with Crippen molar-refractivity contribution in [2.24, 2.45) is 0 Å². The smallest absolute Gasteiger partial charge is 0.324 e. The molecule has 0 aliphatic rings. The molecular weight excluding hydrogens is 440 g/mol. The quantitative estimate of drug-likeness (QED) is 0.286. The van der Waals surface area contributed by atoms with E-state index < -0.39 is 11.4 Å². The summed E-state index contributed by atoms with van der Waals surface area (Å²) in [7, 11) is 1.20. The van der Waals surface area contributed by atoms with E-state index in [1.165, 1.54) is 7.11 Å². The average molecular weight is 454 g/mol. The molecule has 0 fully saturated rings. The molecule has 6 heteroatoms. The average Bonchev–Trinajstić information content (AvgIpc) is 2.60. The Hall–Kier alpha value is -1.79. The van der Waals surface area contributed by atoms with E-state index in [0.29, 0.717) is 17.4 Å². The summed E-state index contributed by atoms with van der Waals surface area (Å²) in [5.74, 6) is -1.08. The highest BCUT2D eigenvalue weighted by Crippen LogP contribution is 2.30. The van der Waals surface area contributed by atoms with Crippen LogP contribution in [0.15, 0.2) is 57.5 Å². The topological polar surface area (TPSA) is 60.4 Å². The lowest BCUT2D eigenvalue weighted by molar-refractivity contribution is -0.149. The van der Waals surface area contributed by atoms with Gasteiger partial charge in [-0.25, -0.2) is 0 Å². The molecule has 0 aromatic heterocycles. The minimum atomic E-state index is -1.67.